The van der Waals surface area contributed by atoms with Gasteiger partial charge in [0.05, 0.1) is 6.42 Å². The average Bonchev–Trinajstić information content (AvgIpc) is 2.16. The van der Waals surface area contributed by atoms with Crippen LogP contribution in [0.5, 0.6) is 0 Å². The van der Waals surface area contributed by atoms with Crippen LogP contribution < -0.4 is 11.1 Å². The Kier molecular flexibility index (Phi) is 7.17. The van der Waals surface area contributed by atoms with Gasteiger partial charge in [-0.05, 0) is 19.4 Å². The number of nitrogens with one attached hydrogen (secondary N) is 1. The lowest BCUT2D eigenvalue weighted by Gasteiger charge is -2.09. The number of aliphatic carboxylic acids is 1. The molecule has 15 heavy (non-hydrogen) atoms. The first-order chi connectivity index (χ1) is 7.10. The lowest BCUT2D eigenvalue weighted by Crippen LogP contribution is -2.37. The molecule has 0 aliphatic carbocycles. The van der Waals surface area contributed by atoms with Crippen LogP contribution in [0.25, 0.3) is 0 Å². The zero-order valence-corrected chi connectivity index (χ0v) is 8.36. The smallest absolute Gasteiger partial charge is 0.305 e. The topological polar surface area (TPSA) is 109 Å². The molecular weight excluding hydrogens is 200 g/mol. The fraction of sp³-hybridized carbons (Fsp3) is 0.667. The van der Waals surface area contributed by atoms with E-state index in [1.807, 2.05) is 0 Å². The lowest BCUT2D eigenvalue weighted by atomic mass is 10.2. The number of amides is 1. The van der Waals surface area contributed by atoms with E-state index in [1.54, 1.807) is 0 Å². The highest BCUT2D eigenvalue weighted by molar-refractivity contribution is 5.82. The molecule has 0 saturated carbocycles. The Morgan fingerprint density at radius 2 is 2.07 bits per heavy atom. The predicted octanol–water partition coefficient (Wildman–Crippen LogP) is -0.815. The van der Waals surface area contributed by atoms with E-state index in [9.17, 15) is 14.4 Å². The number of carbonyl (C=O) groups excluding carboxylic acids is 2. The van der Waals surface area contributed by atoms with Crippen LogP contribution in [-0.2, 0) is 14.4 Å². The van der Waals surface area contributed by atoms with E-state index >= 15 is 0 Å². The van der Waals surface area contributed by atoms with Crippen LogP contribution in [0, 0.1) is 0 Å². The predicted molar refractivity (Wildman–Crippen MR) is 52.8 cm³/mol. The number of rotatable bonds is 8. The summed E-state index contributed by atoms with van der Waals surface area (Å²) in [6.45, 7) is 0.506. The first-order valence-corrected chi connectivity index (χ1v) is 4.69. The summed E-state index contributed by atoms with van der Waals surface area (Å²) in [6, 6.07) is -1.06. The fourth-order valence-corrected chi connectivity index (χ4v) is 0.993. The van der Waals surface area contributed by atoms with Crippen LogP contribution in [0.3, 0.4) is 0 Å². The minimum absolute atomic E-state index is 0.245. The van der Waals surface area contributed by atoms with Gasteiger partial charge in [0.1, 0.15) is 6.04 Å². The molecule has 1 atom stereocenters. The van der Waals surface area contributed by atoms with Crippen molar-refractivity contribution in [2.45, 2.75) is 31.7 Å². The lowest BCUT2D eigenvalue weighted by molar-refractivity contribution is -0.137. The van der Waals surface area contributed by atoms with E-state index in [4.69, 9.17) is 10.8 Å². The van der Waals surface area contributed by atoms with Crippen LogP contribution in [0.15, 0.2) is 0 Å². The first-order valence-electron chi connectivity index (χ1n) is 4.69. The average molecular weight is 215 g/mol. The number of unbranched alkanes of at least 4 members (excludes halogenated alkanes) is 1. The Morgan fingerprint density at radius 1 is 1.40 bits per heavy atom. The highest BCUT2D eigenvalue weighted by atomic mass is 16.4. The van der Waals surface area contributed by atoms with Gasteiger partial charge in [0.25, 0.3) is 0 Å². The van der Waals surface area contributed by atoms with E-state index in [0.29, 0.717) is 13.0 Å². The highest BCUT2D eigenvalue weighted by Gasteiger charge is 2.15. The number of carboxylic acids is 1. The van der Waals surface area contributed by atoms with E-state index in [-0.39, 0.29) is 12.3 Å². The molecule has 6 heteroatoms. The summed E-state index contributed by atoms with van der Waals surface area (Å²) < 4.78 is 0. The maximum absolute atomic E-state index is 11.1. The van der Waals surface area contributed by atoms with Gasteiger partial charge in [0, 0.05) is 6.42 Å². The number of carboxylic acid groups (broad SMARTS) is 1. The molecule has 4 N–H and O–H groups in total. The number of carbonyl (C=O) groups is 2. The van der Waals surface area contributed by atoms with Gasteiger partial charge >= 0.3 is 5.97 Å². The van der Waals surface area contributed by atoms with Gasteiger partial charge in [-0.15, -0.1) is 0 Å². The zero-order chi connectivity index (χ0) is 11.7. The maximum Gasteiger partial charge on any atom is 0.305 e. The number of hydrogen-bond acceptors (Lipinski definition) is 4. The van der Waals surface area contributed by atoms with Gasteiger partial charge in [0.2, 0.25) is 12.2 Å². The molecule has 0 saturated heterocycles. The highest BCUT2D eigenvalue weighted by Crippen LogP contribution is 1.95. The largest absolute Gasteiger partial charge is 0.481 e. The van der Waals surface area contributed by atoms with Gasteiger partial charge in [-0.25, -0.2) is 0 Å². The van der Waals surface area contributed by atoms with Crippen LogP contribution in [0.4, 0.5) is 0 Å². The fourth-order valence-electron chi connectivity index (χ4n) is 0.993. The molecule has 6 nitrogen and oxygen atoms in total. The third kappa shape index (κ3) is 7.63. The molecule has 0 fully saturated rings. The quantitative estimate of drug-likeness (QED) is 0.458. The van der Waals surface area contributed by atoms with Gasteiger partial charge in [-0.1, -0.05) is 0 Å². The monoisotopic (exact) mass is 215 g/mol. The molecule has 0 rings (SSSR count). The Balaban J connectivity index is 3.80. The van der Waals surface area contributed by atoms with E-state index < -0.39 is 18.4 Å². The molecule has 0 aromatic rings. The minimum atomic E-state index is -1.15. The van der Waals surface area contributed by atoms with Crippen molar-refractivity contribution in [1.29, 1.82) is 0 Å². The molecule has 0 aliphatic heterocycles. The second-order valence-electron chi connectivity index (χ2n) is 3.08. The first kappa shape index (κ1) is 13.6. The van der Waals surface area contributed by atoms with Crippen molar-refractivity contribution in [2.24, 2.45) is 5.73 Å². The Morgan fingerprint density at radius 3 is 2.53 bits per heavy atom. The zero-order valence-electron chi connectivity index (χ0n) is 8.36. The van der Waals surface area contributed by atoms with E-state index in [1.165, 1.54) is 6.29 Å². The molecule has 85 valence electrons. The maximum atomic E-state index is 11.1. The SMILES string of the molecule is NCCCCC(=O)NC([C]=O)CC(=O)O. The third-order valence-electron chi connectivity index (χ3n) is 1.71. The molecule has 0 spiro atoms. The molecular formula is C9H15N2O4. The van der Waals surface area contributed by atoms with Crippen molar-refractivity contribution >= 4 is 18.2 Å². The molecule has 1 amide bonds. The summed E-state index contributed by atoms with van der Waals surface area (Å²) in [5.74, 6) is -1.50. The third-order valence-corrected chi connectivity index (χ3v) is 1.71. The van der Waals surface area contributed by atoms with Gasteiger partial charge in [-0.3, -0.25) is 14.4 Å². The number of hydrogen-bond donors (Lipinski definition) is 3. The minimum Gasteiger partial charge on any atom is -0.481 e. The summed E-state index contributed by atoms with van der Waals surface area (Å²) in [7, 11) is 0. The van der Waals surface area contributed by atoms with E-state index in [0.717, 1.165) is 6.42 Å². The van der Waals surface area contributed by atoms with Crippen LogP contribution in [-0.4, -0.2) is 35.9 Å². The second-order valence-corrected chi connectivity index (χ2v) is 3.08. The van der Waals surface area contributed by atoms with Crippen molar-refractivity contribution in [1.82, 2.24) is 5.32 Å². The van der Waals surface area contributed by atoms with Crippen molar-refractivity contribution in [3.8, 4) is 0 Å². The van der Waals surface area contributed by atoms with Crippen LogP contribution in [0.1, 0.15) is 25.7 Å². The Bertz CT molecular complexity index is 230. The van der Waals surface area contributed by atoms with Crippen molar-refractivity contribution in [2.75, 3.05) is 6.54 Å². The van der Waals surface area contributed by atoms with Crippen LogP contribution >= 0.6 is 0 Å². The van der Waals surface area contributed by atoms with Crippen LogP contribution in [0.2, 0.25) is 0 Å². The summed E-state index contributed by atoms with van der Waals surface area (Å²) in [4.78, 5) is 31.7. The summed E-state index contributed by atoms with van der Waals surface area (Å²) in [5.41, 5.74) is 5.24. The van der Waals surface area contributed by atoms with Crippen molar-refractivity contribution < 1.29 is 19.5 Å². The molecule has 0 aromatic heterocycles. The summed E-state index contributed by atoms with van der Waals surface area (Å²) in [5, 5.41) is 10.7. The van der Waals surface area contributed by atoms with Gasteiger partial charge < -0.3 is 16.2 Å². The summed E-state index contributed by atoms with van der Waals surface area (Å²) >= 11 is 0. The molecule has 1 unspecified atom stereocenters. The molecule has 1 radical (unpaired) electrons. The standard InChI is InChI=1S/C9H15N2O4/c10-4-2-1-3-8(13)11-7(6-12)5-9(14)15/h7H,1-5,10H2,(H,11,13)(H,14,15). The molecule has 0 aliphatic rings. The van der Waals surface area contributed by atoms with Gasteiger partial charge in [-0.2, -0.15) is 0 Å². The molecule has 0 bridgehead atoms. The van der Waals surface area contributed by atoms with E-state index in [2.05, 4.69) is 5.32 Å². The Labute approximate surface area is 87.8 Å². The number of nitrogens with two attached hydrogens (primary N) is 1. The van der Waals surface area contributed by atoms with Crippen molar-refractivity contribution in [3.05, 3.63) is 0 Å². The normalized spacial score (nSPS) is 11.8. The van der Waals surface area contributed by atoms with Gasteiger partial charge in [0.15, 0.2) is 0 Å². The molecule has 0 heterocycles. The molecule has 0 aromatic carbocycles. The van der Waals surface area contributed by atoms with Crippen molar-refractivity contribution in [3.63, 3.8) is 0 Å². The summed E-state index contributed by atoms with van der Waals surface area (Å²) in [6.07, 6.45) is 2.62. The Hall–Kier alpha value is -1.43. The second kappa shape index (κ2) is 7.93.